The molecule has 0 bridgehead atoms. The van der Waals surface area contributed by atoms with Crippen LogP contribution in [0.3, 0.4) is 0 Å². The van der Waals surface area contributed by atoms with Gasteiger partial charge in [0.05, 0.1) is 28.6 Å². The van der Waals surface area contributed by atoms with Crippen molar-refractivity contribution in [1.82, 2.24) is 9.62 Å². The van der Waals surface area contributed by atoms with E-state index in [0.29, 0.717) is 30.3 Å². The minimum Gasteiger partial charge on any atom is -0.492 e. The van der Waals surface area contributed by atoms with Crippen molar-refractivity contribution in [3.63, 3.8) is 0 Å². The van der Waals surface area contributed by atoms with Crippen LogP contribution in [0.1, 0.15) is 45.6 Å². The van der Waals surface area contributed by atoms with E-state index in [4.69, 9.17) is 9.47 Å². The normalized spacial score (nSPS) is 17.8. The number of hydrogen-bond acceptors (Lipinski definition) is 7. The van der Waals surface area contributed by atoms with Gasteiger partial charge < -0.3 is 14.8 Å². The molecule has 0 unspecified atom stereocenters. The molecule has 3 aromatic rings. The molecule has 12 heteroatoms. The number of rotatable bonds is 9. The van der Waals surface area contributed by atoms with Crippen LogP contribution in [0.2, 0.25) is 0 Å². The largest absolute Gasteiger partial charge is 0.492 e. The van der Waals surface area contributed by atoms with Crippen molar-refractivity contribution >= 4 is 31.6 Å². The molecule has 1 N–H and O–H groups in total. The summed E-state index contributed by atoms with van der Waals surface area (Å²) >= 11 is 0. The molecule has 10 nitrogen and oxygen atoms in total. The van der Waals surface area contributed by atoms with Crippen molar-refractivity contribution in [2.75, 3.05) is 37.1 Å². The highest BCUT2D eigenvalue weighted by Crippen LogP contribution is 2.40. The minimum absolute atomic E-state index is 0.119. The first-order valence-electron chi connectivity index (χ1n) is 14.8. The molecule has 2 aliphatic heterocycles. The molecule has 2 heterocycles. The van der Waals surface area contributed by atoms with E-state index in [2.05, 4.69) is 5.32 Å². The van der Waals surface area contributed by atoms with Gasteiger partial charge in [-0.05, 0) is 72.4 Å². The second kappa shape index (κ2) is 12.8. The molecule has 0 saturated carbocycles. The predicted molar refractivity (Wildman–Crippen MR) is 168 cm³/mol. The average molecular weight is 642 g/mol. The number of sulfonamides is 2. The summed E-state index contributed by atoms with van der Waals surface area (Å²) in [6.45, 7) is 7.24. The Kier molecular flexibility index (Phi) is 9.24. The van der Waals surface area contributed by atoms with E-state index < -0.39 is 32.1 Å². The van der Waals surface area contributed by atoms with E-state index in [1.807, 2.05) is 26.8 Å². The topological polar surface area (TPSA) is 122 Å². The second-order valence-electron chi connectivity index (χ2n) is 12.0. The Morgan fingerprint density at radius 2 is 1.55 bits per heavy atom. The zero-order valence-electron chi connectivity index (χ0n) is 25.2. The van der Waals surface area contributed by atoms with E-state index in [0.717, 1.165) is 24.8 Å². The average Bonchev–Trinajstić information content (AvgIpc) is 3.02. The third-order valence-electron chi connectivity index (χ3n) is 7.76. The number of carbonyl (C=O) groups is 1. The van der Waals surface area contributed by atoms with Gasteiger partial charge in [-0.2, -0.15) is 4.31 Å². The van der Waals surface area contributed by atoms with Gasteiger partial charge in [0.2, 0.25) is 10.0 Å². The summed E-state index contributed by atoms with van der Waals surface area (Å²) in [6, 6.07) is 19.8. The van der Waals surface area contributed by atoms with Crippen LogP contribution in [0, 0.1) is 0 Å². The Bertz CT molecular complexity index is 1680. The van der Waals surface area contributed by atoms with Gasteiger partial charge in [-0.1, -0.05) is 51.5 Å². The molecule has 0 spiro atoms. The fraction of sp³-hybridized carbons (Fsp3) is 0.406. The van der Waals surface area contributed by atoms with E-state index in [-0.39, 0.29) is 34.9 Å². The van der Waals surface area contributed by atoms with Gasteiger partial charge >= 0.3 is 0 Å². The number of benzene rings is 3. The summed E-state index contributed by atoms with van der Waals surface area (Å²) in [5.74, 6) is 0.296. The zero-order valence-corrected chi connectivity index (χ0v) is 26.9. The highest BCUT2D eigenvalue weighted by Gasteiger charge is 2.38. The highest BCUT2D eigenvalue weighted by atomic mass is 32.2. The summed E-state index contributed by atoms with van der Waals surface area (Å²) in [6.07, 6.45) is 1.69. The molecule has 1 atom stereocenters. The highest BCUT2D eigenvalue weighted by molar-refractivity contribution is 7.92. The van der Waals surface area contributed by atoms with Gasteiger partial charge in [0, 0.05) is 13.1 Å². The van der Waals surface area contributed by atoms with Crippen LogP contribution >= 0.6 is 0 Å². The van der Waals surface area contributed by atoms with E-state index in [9.17, 15) is 21.6 Å². The van der Waals surface area contributed by atoms with E-state index in [1.165, 1.54) is 32.9 Å². The number of nitrogens with one attached hydrogen (secondary N) is 1. The van der Waals surface area contributed by atoms with Gasteiger partial charge in [0.25, 0.3) is 15.9 Å². The molecule has 1 saturated heterocycles. The quantitative estimate of drug-likeness (QED) is 0.346. The first-order valence-corrected chi connectivity index (χ1v) is 17.6. The van der Waals surface area contributed by atoms with Crippen molar-refractivity contribution in [1.29, 1.82) is 0 Å². The van der Waals surface area contributed by atoms with Gasteiger partial charge in [0.15, 0.2) is 6.10 Å². The number of nitrogens with zero attached hydrogens (tertiary/aromatic N) is 2. The summed E-state index contributed by atoms with van der Waals surface area (Å²) < 4.78 is 67.7. The summed E-state index contributed by atoms with van der Waals surface area (Å²) in [4.78, 5) is 13.5. The maximum atomic E-state index is 13.8. The monoisotopic (exact) mass is 641 g/mol. The Morgan fingerprint density at radius 3 is 2.20 bits per heavy atom. The minimum atomic E-state index is -3.98. The summed E-state index contributed by atoms with van der Waals surface area (Å²) in [5, 5.41) is 2.77. The molecule has 44 heavy (non-hydrogen) atoms. The van der Waals surface area contributed by atoms with Gasteiger partial charge in [-0.15, -0.1) is 0 Å². The maximum Gasteiger partial charge on any atom is 0.264 e. The molecular weight excluding hydrogens is 603 g/mol. The Hall–Kier alpha value is -3.61. The first kappa shape index (κ1) is 31.8. The van der Waals surface area contributed by atoms with Crippen LogP contribution in [0.25, 0.3) is 0 Å². The lowest BCUT2D eigenvalue weighted by Crippen LogP contribution is -2.51. The Balaban J connectivity index is 1.23. The van der Waals surface area contributed by atoms with Crippen LogP contribution in [-0.2, 0) is 30.3 Å². The third kappa shape index (κ3) is 6.87. The molecule has 1 fully saturated rings. The predicted octanol–water partition coefficient (Wildman–Crippen LogP) is 4.31. The molecule has 5 rings (SSSR count). The van der Waals surface area contributed by atoms with Crippen LogP contribution in [0.5, 0.6) is 11.5 Å². The Labute approximate surface area is 260 Å². The fourth-order valence-electron chi connectivity index (χ4n) is 5.22. The number of amides is 1. The van der Waals surface area contributed by atoms with Crippen LogP contribution < -0.4 is 19.1 Å². The molecular formula is C32H39N3O7S2. The lowest BCUT2D eigenvalue weighted by atomic mass is 9.86. The smallest absolute Gasteiger partial charge is 0.264 e. The van der Waals surface area contributed by atoms with Crippen molar-refractivity contribution < 1.29 is 31.1 Å². The van der Waals surface area contributed by atoms with E-state index in [1.54, 1.807) is 42.5 Å². The van der Waals surface area contributed by atoms with Gasteiger partial charge in [-0.25, -0.2) is 16.8 Å². The number of hydrogen-bond donors (Lipinski definition) is 1. The van der Waals surface area contributed by atoms with Crippen LogP contribution in [-0.4, -0.2) is 65.9 Å². The van der Waals surface area contributed by atoms with Crippen molar-refractivity contribution in [3.05, 3.63) is 78.4 Å². The molecule has 2 aliphatic rings. The van der Waals surface area contributed by atoms with Crippen LogP contribution in [0.4, 0.5) is 5.69 Å². The number of fused-ring (bicyclic) bond motifs is 1. The molecule has 1 amide bonds. The molecule has 0 radical (unpaired) electrons. The summed E-state index contributed by atoms with van der Waals surface area (Å²) in [5.41, 5.74) is 1.09. The first-order chi connectivity index (χ1) is 20.9. The molecule has 0 aliphatic carbocycles. The standard InChI is InChI=1S/C32H39N3O7S2/c1-32(2,3)24-12-17-29-28(22-24)35(44(39,40)26-10-6-4-7-11-26)23-30(42-29)31(36)33-18-21-41-25-13-15-27(16-14-25)43(37,38)34-19-8-5-9-20-34/h4,6-7,10-17,22,30H,5,8-9,18-21,23H2,1-3H3,(H,33,36)/t30-/m1/s1. The van der Waals surface area contributed by atoms with Gasteiger partial charge in [-0.3, -0.25) is 9.10 Å². The SMILES string of the molecule is CC(C)(C)c1ccc2c(c1)N(S(=O)(=O)c1ccccc1)C[C@H](C(=O)NCCOc1ccc(S(=O)(=O)N3CCCCC3)cc1)O2. The van der Waals surface area contributed by atoms with E-state index >= 15 is 0 Å². The molecule has 236 valence electrons. The maximum absolute atomic E-state index is 13.8. The number of piperidine rings is 1. The second-order valence-corrected chi connectivity index (χ2v) is 15.8. The number of ether oxygens (including phenoxy) is 2. The Morgan fingerprint density at radius 1 is 0.886 bits per heavy atom. The van der Waals surface area contributed by atoms with Gasteiger partial charge in [0.1, 0.15) is 18.1 Å². The van der Waals surface area contributed by atoms with Crippen molar-refractivity contribution in [3.8, 4) is 11.5 Å². The zero-order chi connectivity index (χ0) is 31.5. The number of anilines is 1. The third-order valence-corrected chi connectivity index (χ3v) is 11.5. The van der Waals surface area contributed by atoms with Crippen LogP contribution in [0.15, 0.2) is 82.6 Å². The molecule has 0 aromatic heterocycles. The fourth-order valence-corrected chi connectivity index (χ4v) is 8.23. The van der Waals surface area contributed by atoms with Crippen molar-refractivity contribution in [2.45, 2.75) is 61.3 Å². The lowest BCUT2D eigenvalue weighted by molar-refractivity contribution is -0.127. The van der Waals surface area contributed by atoms with Crippen molar-refractivity contribution in [2.24, 2.45) is 0 Å². The molecule has 3 aromatic carbocycles. The lowest BCUT2D eigenvalue weighted by Gasteiger charge is -2.36. The number of carbonyl (C=O) groups excluding carboxylic acids is 1. The summed E-state index contributed by atoms with van der Waals surface area (Å²) in [7, 11) is -7.52.